The van der Waals surface area contributed by atoms with Gasteiger partial charge in [-0.05, 0) is 19.1 Å². The van der Waals surface area contributed by atoms with E-state index in [0.29, 0.717) is 24.5 Å². The molecular formula is C19H22O7. The Balaban J connectivity index is 1.73. The molecule has 2 heterocycles. The van der Waals surface area contributed by atoms with Gasteiger partial charge in [-0.3, -0.25) is 0 Å². The van der Waals surface area contributed by atoms with Crippen molar-refractivity contribution in [3.8, 4) is 0 Å². The number of esters is 1. The monoisotopic (exact) mass is 362 g/mol. The van der Waals surface area contributed by atoms with Gasteiger partial charge in [0.05, 0.1) is 18.8 Å². The van der Waals surface area contributed by atoms with Gasteiger partial charge in [-0.15, -0.1) is 0 Å². The van der Waals surface area contributed by atoms with Crippen molar-refractivity contribution >= 4 is 5.97 Å². The lowest BCUT2D eigenvalue weighted by Gasteiger charge is -2.39. The molecule has 0 amide bonds. The number of benzene rings is 1. The number of hydrogen-bond acceptors (Lipinski definition) is 7. The van der Waals surface area contributed by atoms with Gasteiger partial charge in [0.15, 0.2) is 23.9 Å². The smallest absolute Gasteiger partial charge is 0.454 e. The van der Waals surface area contributed by atoms with E-state index in [9.17, 15) is 9.59 Å². The SMILES string of the molecule is Cc1oc(=O)oc1COC(=O)c1ccc(C2(C(C)(C)C)OCCO2)cc1. The van der Waals surface area contributed by atoms with Crippen molar-refractivity contribution in [3.05, 3.63) is 57.5 Å². The average Bonchev–Trinajstić information content (AvgIpc) is 3.20. The lowest BCUT2D eigenvalue weighted by atomic mass is 9.80. The van der Waals surface area contributed by atoms with Crippen molar-refractivity contribution in [2.24, 2.45) is 5.41 Å². The van der Waals surface area contributed by atoms with E-state index in [4.69, 9.17) is 23.0 Å². The molecule has 1 saturated heterocycles. The van der Waals surface area contributed by atoms with Gasteiger partial charge in [-0.1, -0.05) is 32.9 Å². The zero-order valence-electron chi connectivity index (χ0n) is 15.3. The fraction of sp³-hybridized carbons (Fsp3) is 0.474. The summed E-state index contributed by atoms with van der Waals surface area (Å²) < 4.78 is 26.5. The summed E-state index contributed by atoms with van der Waals surface area (Å²) in [6, 6.07) is 6.93. The minimum atomic E-state index is -0.841. The second-order valence-corrected chi connectivity index (χ2v) is 7.15. The molecule has 3 rings (SSSR count). The van der Waals surface area contributed by atoms with E-state index >= 15 is 0 Å². The van der Waals surface area contributed by atoms with Crippen LogP contribution in [0.25, 0.3) is 0 Å². The molecule has 7 heteroatoms. The first-order chi connectivity index (χ1) is 12.2. The molecule has 0 spiro atoms. The highest BCUT2D eigenvalue weighted by Gasteiger charge is 2.48. The van der Waals surface area contributed by atoms with Crippen LogP contribution in [0.15, 0.2) is 37.9 Å². The first kappa shape index (κ1) is 18.4. The highest BCUT2D eigenvalue weighted by atomic mass is 16.7. The van der Waals surface area contributed by atoms with Gasteiger partial charge < -0.3 is 23.0 Å². The Hall–Kier alpha value is -2.38. The van der Waals surface area contributed by atoms with Crippen LogP contribution >= 0.6 is 0 Å². The molecule has 0 aliphatic carbocycles. The van der Waals surface area contributed by atoms with Crippen LogP contribution in [0.3, 0.4) is 0 Å². The van der Waals surface area contributed by atoms with Crippen LogP contribution in [0, 0.1) is 12.3 Å². The normalized spacial score (nSPS) is 16.6. The minimum Gasteiger partial charge on any atom is -0.454 e. The van der Waals surface area contributed by atoms with Crippen LogP contribution in [-0.2, 0) is 26.6 Å². The lowest BCUT2D eigenvalue weighted by Crippen LogP contribution is -2.41. The Morgan fingerprint density at radius 2 is 1.73 bits per heavy atom. The molecule has 0 unspecified atom stereocenters. The molecule has 26 heavy (non-hydrogen) atoms. The number of carbonyl (C=O) groups excluding carboxylic acids is 1. The largest absolute Gasteiger partial charge is 0.519 e. The average molecular weight is 362 g/mol. The molecule has 140 valence electrons. The molecule has 1 aliphatic heterocycles. The molecule has 1 aromatic carbocycles. The summed E-state index contributed by atoms with van der Waals surface area (Å²) in [6.45, 7) is 8.57. The Labute approximate surface area is 150 Å². The predicted molar refractivity (Wildman–Crippen MR) is 90.6 cm³/mol. The van der Waals surface area contributed by atoms with Crippen molar-refractivity contribution in [2.45, 2.75) is 40.1 Å². The van der Waals surface area contributed by atoms with Crippen LogP contribution in [0.1, 0.15) is 48.2 Å². The molecule has 1 aromatic heterocycles. The van der Waals surface area contributed by atoms with E-state index in [0.717, 1.165) is 5.56 Å². The molecule has 0 radical (unpaired) electrons. The van der Waals surface area contributed by atoms with E-state index in [1.165, 1.54) is 0 Å². The molecule has 1 fully saturated rings. The van der Waals surface area contributed by atoms with Crippen LogP contribution in [0.4, 0.5) is 0 Å². The summed E-state index contributed by atoms with van der Waals surface area (Å²) in [7, 11) is 0. The maximum absolute atomic E-state index is 12.2. The second kappa shape index (κ2) is 6.74. The first-order valence-corrected chi connectivity index (χ1v) is 8.38. The van der Waals surface area contributed by atoms with Crippen LogP contribution in [0.2, 0.25) is 0 Å². The van der Waals surface area contributed by atoms with E-state index in [-0.39, 0.29) is 17.8 Å². The van der Waals surface area contributed by atoms with Crippen LogP contribution in [-0.4, -0.2) is 19.2 Å². The van der Waals surface area contributed by atoms with E-state index in [1.54, 1.807) is 31.2 Å². The summed E-state index contributed by atoms with van der Waals surface area (Å²) in [5.74, 6) is -1.70. The topological polar surface area (TPSA) is 88.1 Å². The third-order valence-electron chi connectivity index (χ3n) is 4.35. The minimum absolute atomic E-state index is 0.170. The number of carbonyl (C=O) groups is 1. The molecule has 7 nitrogen and oxygen atoms in total. The molecule has 0 saturated carbocycles. The third-order valence-corrected chi connectivity index (χ3v) is 4.35. The van der Waals surface area contributed by atoms with Gasteiger partial charge in [-0.25, -0.2) is 9.59 Å². The Kier molecular flexibility index (Phi) is 4.77. The third kappa shape index (κ3) is 3.32. The quantitative estimate of drug-likeness (QED) is 0.772. The van der Waals surface area contributed by atoms with Gasteiger partial charge in [0.1, 0.15) is 0 Å². The second-order valence-electron chi connectivity index (χ2n) is 7.15. The Morgan fingerprint density at radius 3 is 2.23 bits per heavy atom. The predicted octanol–water partition coefficient (Wildman–Crippen LogP) is 3.14. The van der Waals surface area contributed by atoms with Crippen LogP contribution < -0.4 is 5.82 Å². The van der Waals surface area contributed by atoms with E-state index in [2.05, 4.69) is 0 Å². The Morgan fingerprint density at radius 1 is 1.12 bits per heavy atom. The van der Waals surface area contributed by atoms with Crippen molar-refractivity contribution < 1.29 is 27.8 Å². The molecule has 0 bridgehead atoms. The standard InChI is InChI=1S/C19H22O7/c1-12-15(26-17(21)25-12)11-22-16(20)13-5-7-14(8-6-13)19(18(2,3)4)23-9-10-24-19/h5-8H,9-11H2,1-4H3. The van der Waals surface area contributed by atoms with Gasteiger partial charge in [0.2, 0.25) is 0 Å². The maximum Gasteiger partial charge on any atom is 0.519 e. The zero-order valence-corrected chi connectivity index (χ0v) is 15.3. The van der Waals surface area contributed by atoms with Crippen LogP contribution in [0.5, 0.6) is 0 Å². The highest BCUT2D eigenvalue weighted by molar-refractivity contribution is 5.89. The number of rotatable bonds is 4. The molecule has 1 aliphatic rings. The zero-order chi connectivity index (χ0) is 18.9. The van der Waals surface area contributed by atoms with Gasteiger partial charge in [0.25, 0.3) is 0 Å². The summed E-state index contributed by atoms with van der Waals surface area (Å²) in [4.78, 5) is 23.2. The van der Waals surface area contributed by atoms with Crippen molar-refractivity contribution in [3.63, 3.8) is 0 Å². The highest BCUT2D eigenvalue weighted by Crippen LogP contribution is 2.46. The molecule has 2 aromatic rings. The summed E-state index contributed by atoms with van der Waals surface area (Å²) in [5.41, 5.74) is 0.942. The molecule has 0 N–H and O–H groups in total. The number of ether oxygens (including phenoxy) is 3. The first-order valence-electron chi connectivity index (χ1n) is 8.38. The van der Waals surface area contributed by atoms with Crippen molar-refractivity contribution in [1.29, 1.82) is 0 Å². The number of aryl methyl sites for hydroxylation is 1. The van der Waals surface area contributed by atoms with Gasteiger partial charge in [-0.2, -0.15) is 0 Å². The van der Waals surface area contributed by atoms with E-state index < -0.39 is 17.6 Å². The molecule has 0 atom stereocenters. The van der Waals surface area contributed by atoms with E-state index in [1.807, 2.05) is 20.8 Å². The van der Waals surface area contributed by atoms with Gasteiger partial charge >= 0.3 is 11.8 Å². The summed E-state index contributed by atoms with van der Waals surface area (Å²) >= 11 is 0. The lowest BCUT2D eigenvalue weighted by molar-refractivity contribution is -0.232. The fourth-order valence-electron chi connectivity index (χ4n) is 2.99. The van der Waals surface area contributed by atoms with Gasteiger partial charge in [0, 0.05) is 11.0 Å². The van der Waals surface area contributed by atoms with Crippen molar-refractivity contribution in [1.82, 2.24) is 0 Å². The Bertz CT molecular complexity index is 830. The number of hydrogen-bond donors (Lipinski definition) is 0. The fourth-order valence-corrected chi connectivity index (χ4v) is 2.99. The maximum atomic E-state index is 12.2. The summed E-state index contributed by atoms with van der Waals surface area (Å²) in [5, 5.41) is 0. The summed E-state index contributed by atoms with van der Waals surface area (Å²) in [6.07, 6.45) is 0. The molecular weight excluding hydrogens is 340 g/mol. The van der Waals surface area contributed by atoms with Crippen molar-refractivity contribution in [2.75, 3.05) is 13.2 Å².